The predicted octanol–water partition coefficient (Wildman–Crippen LogP) is 3.72. The quantitative estimate of drug-likeness (QED) is 0.612. The molecule has 0 amide bonds. The molecule has 0 unspecified atom stereocenters. The second kappa shape index (κ2) is 6.81. The minimum Gasteiger partial charge on any atom is -0.381 e. The number of nitrogens with one attached hydrogen (secondary N) is 1. The van der Waals surface area contributed by atoms with E-state index in [2.05, 4.69) is 23.8 Å². The molecule has 18 heavy (non-hydrogen) atoms. The van der Waals surface area contributed by atoms with Crippen LogP contribution in [0.3, 0.4) is 0 Å². The zero-order chi connectivity index (χ0) is 12.8. The molecular weight excluding hydrogens is 244 g/mol. The first-order valence-electron chi connectivity index (χ1n) is 6.41. The van der Waals surface area contributed by atoms with Gasteiger partial charge in [-0.05, 0) is 24.5 Å². The van der Waals surface area contributed by atoms with Crippen LogP contribution in [0.4, 0.5) is 0 Å². The third-order valence-electron chi connectivity index (χ3n) is 2.67. The lowest BCUT2D eigenvalue weighted by molar-refractivity contribution is 0.138. The third kappa shape index (κ3) is 4.03. The van der Waals surface area contributed by atoms with Crippen molar-refractivity contribution in [3.63, 3.8) is 0 Å². The number of H-pyrrole nitrogens is 1. The van der Waals surface area contributed by atoms with E-state index in [-0.39, 0.29) is 0 Å². The van der Waals surface area contributed by atoms with Gasteiger partial charge in [0.2, 0.25) is 0 Å². The van der Waals surface area contributed by atoms with E-state index in [1.54, 1.807) is 11.8 Å². The zero-order valence-electron chi connectivity index (χ0n) is 11.0. The molecule has 0 aliphatic rings. The molecule has 0 aliphatic carbocycles. The summed E-state index contributed by atoms with van der Waals surface area (Å²) >= 11 is 1.71. The van der Waals surface area contributed by atoms with Crippen LogP contribution >= 0.6 is 11.8 Å². The molecule has 0 bridgehead atoms. The third-order valence-corrected chi connectivity index (χ3v) is 3.51. The molecule has 4 heteroatoms. The van der Waals surface area contributed by atoms with Crippen molar-refractivity contribution < 1.29 is 4.74 Å². The van der Waals surface area contributed by atoms with Gasteiger partial charge in [0.1, 0.15) is 0 Å². The highest BCUT2D eigenvalue weighted by atomic mass is 32.2. The number of aromatic amines is 1. The van der Waals surface area contributed by atoms with Gasteiger partial charge >= 0.3 is 0 Å². The molecule has 0 saturated heterocycles. The summed E-state index contributed by atoms with van der Waals surface area (Å²) in [5.74, 6) is 1.66. The molecule has 0 atom stereocenters. The van der Waals surface area contributed by atoms with Crippen molar-refractivity contribution in [2.45, 2.75) is 25.4 Å². The van der Waals surface area contributed by atoms with Gasteiger partial charge < -0.3 is 9.72 Å². The Labute approximate surface area is 112 Å². The van der Waals surface area contributed by atoms with Crippen LogP contribution in [0.5, 0.6) is 0 Å². The Hall–Kier alpha value is -1.00. The van der Waals surface area contributed by atoms with Crippen LogP contribution in [-0.4, -0.2) is 28.9 Å². The van der Waals surface area contributed by atoms with Crippen molar-refractivity contribution in [1.82, 2.24) is 9.97 Å². The minimum atomic E-state index is 0.716. The average Bonchev–Trinajstić information content (AvgIpc) is 2.75. The number of hydrogen-bond donors (Lipinski definition) is 1. The van der Waals surface area contributed by atoms with Gasteiger partial charge in [-0.25, -0.2) is 4.98 Å². The van der Waals surface area contributed by atoms with E-state index in [1.807, 2.05) is 24.3 Å². The lowest BCUT2D eigenvalue weighted by Crippen LogP contribution is -2.02. The second-order valence-electron chi connectivity index (χ2n) is 4.70. The summed E-state index contributed by atoms with van der Waals surface area (Å²) in [5.41, 5.74) is 2.13. The number of rotatable bonds is 7. The first-order chi connectivity index (χ1) is 8.75. The minimum absolute atomic E-state index is 0.716. The highest BCUT2D eigenvalue weighted by molar-refractivity contribution is 7.99. The van der Waals surface area contributed by atoms with Gasteiger partial charge in [-0.2, -0.15) is 0 Å². The fraction of sp³-hybridized carbons (Fsp3) is 0.500. The number of thioether (sulfide) groups is 1. The monoisotopic (exact) mass is 264 g/mol. The lowest BCUT2D eigenvalue weighted by atomic mass is 10.1. The second-order valence-corrected chi connectivity index (χ2v) is 5.79. The SMILES string of the molecule is CC(C)CCOCCSc1nc2ccccc2[nH]1. The topological polar surface area (TPSA) is 37.9 Å². The molecule has 1 aromatic carbocycles. The molecule has 0 fully saturated rings. The number of para-hydroxylation sites is 2. The fourth-order valence-electron chi connectivity index (χ4n) is 1.62. The first kappa shape index (κ1) is 13.4. The van der Waals surface area contributed by atoms with Gasteiger partial charge in [0.15, 0.2) is 5.16 Å². The lowest BCUT2D eigenvalue weighted by Gasteiger charge is -2.05. The van der Waals surface area contributed by atoms with Gasteiger partial charge in [0.25, 0.3) is 0 Å². The van der Waals surface area contributed by atoms with Crippen molar-refractivity contribution in [2.75, 3.05) is 19.0 Å². The maximum absolute atomic E-state index is 5.58. The van der Waals surface area contributed by atoms with Crippen LogP contribution in [-0.2, 0) is 4.74 Å². The molecule has 0 radical (unpaired) electrons. The van der Waals surface area contributed by atoms with Gasteiger partial charge in [0, 0.05) is 12.4 Å². The maximum atomic E-state index is 5.58. The summed E-state index contributed by atoms with van der Waals surface area (Å²) in [6, 6.07) is 8.09. The van der Waals surface area contributed by atoms with Crippen molar-refractivity contribution in [2.24, 2.45) is 5.92 Å². The Morgan fingerprint density at radius 3 is 2.89 bits per heavy atom. The van der Waals surface area contributed by atoms with Crippen LogP contribution in [0.2, 0.25) is 0 Å². The van der Waals surface area contributed by atoms with Crippen molar-refractivity contribution in [3.8, 4) is 0 Å². The summed E-state index contributed by atoms with van der Waals surface area (Å²) < 4.78 is 5.58. The molecule has 3 nitrogen and oxygen atoms in total. The highest BCUT2D eigenvalue weighted by Crippen LogP contribution is 2.18. The van der Waals surface area contributed by atoms with E-state index in [1.165, 1.54) is 0 Å². The van der Waals surface area contributed by atoms with Crippen LogP contribution < -0.4 is 0 Å². The van der Waals surface area contributed by atoms with E-state index >= 15 is 0 Å². The summed E-state index contributed by atoms with van der Waals surface area (Å²) in [6.45, 7) is 6.08. The Kier molecular flexibility index (Phi) is 5.08. The molecule has 0 aliphatic heterocycles. The van der Waals surface area contributed by atoms with Gasteiger partial charge in [0.05, 0.1) is 17.6 Å². The molecule has 2 aromatic rings. The Balaban J connectivity index is 1.70. The number of hydrogen-bond acceptors (Lipinski definition) is 3. The number of benzene rings is 1. The molecule has 1 N–H and O–H groups in total. The molecule has 1 heterocycles. The van der Waals surface area contributed by atoms with E-state index in [0.29, 0.717) is 5.92 Å². The summed E-state index contributed by atoms with van der Waals surface area (Å²) in [7, 11) is 0. The van der Waals surface area contributed by atoms with E-state index in [4.69, 9.17) is 4.74 Å². The summed E-state index contributed by atoms with van der Waals surface area (Å²) in [6.07, 6.45) is 1.13. The normalized spacial score (nSPS) is 11.5. The van der Waals surface area contributed by atoms with Crippen LogP contribution in [0.1, 0.15) is 20.3 Å². The maximum Gasteiger partial charge on any atom is 0.166 e. The number of fused-ring (bicyclic) bond motifs is 1. The first-order valence-corrected chi connectivity index (χ1v) is 7.39. The number of ether oxygens (including phenoxy) is 1. The zero-order valence-corrected chi connectivity index (χ0v) is 11.8. The summed E-state index contributed by atoms with van der Waals surface area (Å²) in [5, 5.41) is 0.976. The van der Waals surface area contributed by atoms with Crippen molar-refractivity contribution in [3.05, 3.63) is 24.3 Å². The summed E-state index contributed by atoms with van der Waals surface area (Å²) in [4.78, 5) is 7.81. The van der Waals surface area contributed by atoms with Crippen molar-refractivity contribution in [1.29, 1.82) is 0 Å². The Morgan fingerprint density at radius 2 is 2.11 bits per heavy atom. The molecule has 98 valence electrons. The fourth-order valence-corrected chi connectivity index (χ4v) is 2.36. The predicted molar refractivity (Wildman–Crippen MR) is 77.1 cm³/mol. The Bertz CT molecular complexity index is 448. The van der Waals surface area contributed by atoms with Crippen molar-refractivity contribution >= 4 is 22.8 Å². The average molecular weight is 264 g/mol. The highest BCUT2D eigenvalue weighted by Gasteiger charge is 2.02. The number of imidazole rings is 1. The molecule has 0 saturated carbocycles. The van der Waals surface area contributed by atoms with Crippen LogP contribution in [0.25, 0.3) is 11.0 Å². The standard InChI is InChI=1S/C14H20N2OS/c1-11(2)7-8-17-9-10-18-14-15-12-5-3-4-6-13(12)16-14/h3-6,11H,7-10H2,1-2H3,(H,15,16). The number of nitrogens with zero attached hydrogens (tertiary/aromatic N) is 1. The molecule has 0 spiro atoms. The van der Waals surface area contributed by atoms with E-state index in [0.717, 1.165) is 41.6 Å². The molecular formula is C14H20N2OS. The molecule has 1 aromatic heterocycles. The van der Waals surface area contributed by atoms with E-state index in [9.17, 15) is 0 Å². The van der Waals surface area contributed by atoms with Crippen LogP contribution in [0, 0.1) is 5.92 Å². The van der Waals surface area contributed by atoms with Gasteiger partial charge in [-0.15, -0.1) is 0 Å². The Morgan fingerprint density at radius 1 is 1.28 bits per heavy atom. The van der Waals surface area contributed by atoms with Gasteiger partial charge in [-0.1, -0.05) is 37.7 Å². The van der Waals surface area contributed by atoms with Crippen LogP contribution in [0.15, 0.2) is 29.4 Å². The number of aromatic nitrogens is 2. The smallest absolute Gasteiger partial charge is 0.166 e. The largest absolute Gasteiger partial charge is 0.381 e. The van der Waals surface area contributed by atoms with Gasteiger partial charge in [-0.3, -0.25) is 0 Å². The van der Waals surface area contributed by atoms with E-state index < -0.39 is 0 Å². The molecule has 2 rings (SSSR count).